The van der Waals surface area contributed by atoms with Crippen molar-refractivity contribution in [2.45, 2.75) is 12.8 Å². The van der Waals surface area contributed by atoms with Gasteiger partial charge in [0, 0.05) is 41.5 Å². The molecule has 0 atom stereocenters. The van der Waals surface area contributed by atoms with Gasteiger partial charge in [-0.15, -0.1) is 0 Å². The SMILES string of the molecule is N=C(N)c1ccc(NCC#Cc2ccc(C(=O)N3CCCC3)c(/C=C/C(=O)O)c2)cc1. The van der Waals surface area contributed by atoms with Crippen molar-refractivity contribution >= 4 is 29.5 Å². The van der Waals surface area contributed by atoms with Crippen LogP contribution in [0.25, 0.3) is 6.08 Å². The van der Waals surface area contributed by atoms with E-state index in [4.69, 9.17) is 16.2 Å². The first kappa shape index (κ1) is 21.7. The van der Waals surface area contributed by atoms with Crippen molar-refractivity contribution in [3.05, 3.63) is 70.8 Å². The molecule has 0 radical (unpaired) electrons. The molecule has 3 rings (SSSR count). The van der Waals surface area contributed by atoms with Gasteiger partial charge in [0.2, 0.25) is 0 Å². The number of hydrogen-bond acceptors (Lipinski definition) is 4. The molecule has 7 heteroatoms. The number of nitrogens with zero attached hydrogens (tertiary/aromatic N) is 1. The monoisotopic (exact) mass is 416 g/mol. The highest BCUT2D eigenvalue weighted by Gasteiger charge is 2.21. The van der Waals surface area contributed by atoms with Crippen molar-refractivity contribution in [3.63, 3.8) is 0 Å². The number of carbonyl (C=O) groups is 2. The number of nitrogen functional groups attached to an aromatic ring is 1. The van der Waals surface area contributed by atoms with Gasteiger partial charge in [-0.25, -0.2) is 4.79 Å². The van der Waals surface area contributed by atoms with Crippen molar-refractivity contribution < 1.29 is 14.7 Å². The molecule has 0 spiro atoms. The van der Waals surface area contributed by atoms with Crippen LogP contribution in [0.5, 0.6) is 0 Å². The summed E-state index contributed by atoms with van der Waals surface area (Å²) in [6.45, 7) is 1.84. The Balaban J connectivity index is 1.72. The lowest BCUT2D eigenvalue weighted by atomic mass is 10.0. The molecule has 0 unspecified atom stereocenters. The fourth-order valence-corrected chi connectivity index (χ4v) is 3.28. The van der Waals surface area contributed by atoms with E-state index < -0.39 is 5.97 Å². The van der Waals surface area contributed by atoms with Crippen LogP contribution in [-0.2, 0) is 4.79 Å². The molecule has 0 saturated carbocycles. The largest absolute Gasteiger partial charge is 0.478 e. The maximum absolute atomic E-state index is 12.8. The van der Waals surface area contributed by atoms with Crippen LogP contribution in [0.1, 0.15) is 39.9 Å². The van der Waals surface area contributed by atoms with Crippen LogP contribution in [0.3, 0.4) is 0 Å². The van der Waals surface area contributed by atoms with E-state index in [1.54, 1.807) is 35.2 Å². The summed E-state index contributed by atoms with van der Waals surface area (Å²) < 4.78 is 0. The standard InChI is InChI=1S/C24H24N4O3/c25-23(26)18-6-9-20(10-7-18)27-13-3-4-17-5-11-21(19(16-17)8-12-22(29)30)24(31)28-14-1-2-15-28/h5-12,16,27H,1-2,13-15H2,(H3,25,26)(H,29,30)/b12-8+. The molecular formula is C24H24N4O3. The van der Waals surface area contributed by atoms with E-state index in [-0.39, 0.29) is 11.7 Å². The van der Waals surface area contributed by atoms with E-state index in [0.717, 1.165) is 37.7 Å². The summed E-state index contributed by atoms with van der Waals surface area (Å²) in [6, 6.07) is 12.4. The van der Waals surface area contributed by atoms with Crippen LogP contribution in [-0.4, -0.2) is 47.4 Å². The van der Waals surface area contributed by atoms with Crippen LogP contribution >= 0.6 is 0 Å². The van der Waals surface area contributed by atoms with Crippen molar-refractivity contribution in [1.82, 2.24) is 4.90 Å². The minimum atomic E-state index is -1.07. The van der Waals surface area contributed by atoms with Crippen LogP contribution < -0.4 is 11.1 Å². The Kier molecular flexibility index (Phi) is 7.07. The predicted octanol–water partition coefficient (Wildman–Crippen LogP) is 2.77. The third kappa shape index (κ3) is 5.97. The Hall–Kier alpha value is -4.05. The smallest absolute Gasteiger partial charge is 0.328 e. The summed E-state index contributed by atoms with van der Waals surface area (Å²) in [7, 11) is 0. The van der Waals surface area contributed by atoms with Gasteiger partial charge in [-0.1, -0.05) is 11.8 Å². The van der Waals surface area contributed by atoms with Gasteiger partial charge in [0.25, 0.3) is 5.91 Å². The summed E-state index contributed by atoms with van der Waals surface area (Å²) in [5.41, 5.74) is 8.67. The van der Waals surface area contributed by atoms with Gasteiger partial charge < -0.3 is 21.1 Å². The zero-order chi connectivity index (χ0) is 22.2. The van der Waals surface area contributed by atoms with E-state index in [0.29, 0.717) is 28.8 Å². The molecule has 1 heterocycles. The van der Waals surface area contributed by atoms with Crippen LogP contribution in [0.2, 0.25) is 0 Å². The molecule has 31 heavy (non-hydrogen) atoms. The van der Waals surface area contributed by atoms with Crippen molar-refractivity contribution in [3.8, 4) is 11.8 Å². The highest BCUT2D eigenvalue weighted by atomic mass is 16.4. The molecule has 2 aromatic carbocycles. The predicted molar refractivity (Wildman–Crippen MR) is 121 cm³/mol. The molecule has 1 aliphatic rings. The number of amides is 1. The van der Waals surface area contributed by atoms with Gasteiger partial charge in [-0.05, 0) is 66.9 Å². The Bertz CT molecular complexity index is 1070. The maximum atomic E-state index is 12.8. The Morgan fingerprint density at radius 1 is 1.16 bits per heavy atom. The van der Waals surface area contributed by atoms with Gasteiger partial charge in [0.1, 0.15) is 5.84 Å². The molecule has 1 saturated heterocycles. The van der Waals surface area contributed by atoms with Gasteiger partial charge >= 0.3 is 5.97 Å². The number of carboxylic acid groups (broad SMARTS) is 1. The number of amidine groups is 1. The van der Waals surface area contributed by atoms with Gasteiger partial charge in [-0.3, -0.25) is 10.2 Å². The number of benzene rings is 2. The molecule has 1 aliphatic heterocycles. The average Bonchev–Trinajstić information content (AvgIpc) is 3.30. The molecule has 0 aliphatic carbocycles. The third-order valence-electron chi connectivity index (χ3n) is 4.89. The fourth-order valence-electron chi connectivity index (χ4n) is 3.28. The van der Waals surface area contributed by atoms with Crippen molar-refractivity contribution in [2.75, 3.05) is 25.0 Å². The summed E-state index contributed by atoms with van der Waals surface area (Å²) in [4.78, 5) is 25.5. The van der Waals surface area contributed by atoms with Crippen LogP contribution in [0.4, 0.5) is 5.69 Å². The van der Waals surface area contributed by atoms with E-state index in [1.165, 1.54) is 6.08 Å². The summed E-state index contributed by atoms with van der Waals surface area (Å²) >= 11 is 0. The first-order valence-electron chi connectivity index (χ1n) is 9.95. The number of carboxylic acids is 1. The highest BCUT2D eigenvalue weighted by molar-refractivity contribution is 5.99. The molecule has 1 amide bonds. The summed E-state index contributed by atoms with van der Waals surface area (Å²) in [5, 5.41) is 19.5. The van der Waals surface area contributed by atoms with E-state index >= 15 is 0 Å². The number of rotatable bonds is 6. The lowest BCUT2D eigenvalue weighted by Gasteiger charge is -2.17. The average molecular weight is 416 g/mol. The quantitative estimate of drug-likeness (QED) is 0.250. The lowest BCUT2D eigenvalue weighted by molar-refractivity contribution is -0.131. The molecule has 0 bridgehead atoms. The number of aliphatic carboxylic acids is 1. The Morgan fingerprint density at radius 3 is 2.52 bits per heavy atom. The summed E-state index contributed by atoms with van der Waals surface area (Å²) in [6.07, 6.45) is 4.44. The number of anilines is 1. The number of hydrogen-bond donors (Lipinski definition) is 4. The molecule has 1 fully saturated rings. The second-order valence-electron chi connectivity index (χ2n) is 7.12. The first-order chi connectivity index (χ1) is 14.9. The Labute approximate surface area is 181 Å². The first-order valence-corrected chi connectivity index (χ1v) is 9.95. The van der Waals surface area contributed by atoms with E-state index in [2.05, 4.69) is 17.2 Å². The minimum absolute atomic E-state index is 0.0192. The third-order valence-corrected chi connectivity index (χ3v) is 4.89. The molecule has 158 valence electrons. The highest BCUT2D eigenvalue weighted by Crippen LogP contribution is 2.19. The molecule has 2 aromatic rings. The number of carbonyl (C=O) groups excluding carboxylic acids is 1. The van der Waals surface area contributed by atoms with E-state index in [9.17, 15) is 9.59 Å². The van der Waals surface area contributed by atoms with Crippen molar-refractivity contribution in [2.24, 2.45) is 5.73 Å². The van der Waals surface area contributed by atoms with E-state index in [1.807, 2.05) is 12.1 Å². The van der Waals surface area contributed by atoms with Crippen LogP contribution in [0, 0.1) is 17.3 Å². The normalized spacial score (nSPS) is 13.0. The zero-order valence-corrected chi connectivity index (χ0v) is 17.0. The number of likely N-dealkylation sites (tertiary alicyclic amines) is 1. The second kappa shape index (κ2) is 10.1. The zero-order valence-electron chi connectivity index (χ0n) is 17.0. The van der Waals surface area contributed by atoms with Crippen molar-refractivity contribution in [1.29, 1.82) is 5.41 Å². The topological polar surface area (TPSA) is 120 Å². The second-order valence-corrected chi connectivity index (χ2v) is 7.12. The fraction of sp³-hybridized carbons (Fsp3) is 0.208. The molecule has 5 N–H and O–H groups in total. The number of nitrogens with one attached hydrogen (secondary N) is 2. The number of nitrogens with two attached hydrogens (primary N) is 1. The summed E-state index contributed by atoms with van der Waals surface area (Å²) in [5.74, 6) is 4.92. The Morgan fingerprint density at radius 2 is 1.87 bits per heavy atom. The molecule has 7 nitrogen and oxygen atoms in total. The van der Waals surface area contributed by atoms with Crippen LogP contribution in [0.15, 0.2) is 48.5 Å². The molecule has 0 aromatic heterocycles. The molecular weight excluding hydrogens is 392 g/mol. The minimum Gasteiger partial charge on any atom is -0.478 e. The van der Waals surface area contributed by atoms with Gasteiger partial charge in [0.05, 0.1) is 6.54 Å². The maximum Gasteiger partial charge on any atom is 0.328 e. The van der Waals surface area contributed by atoms with Gasteiger partial charge in [-0.2, -0.15) is 0 Å². The van der Waals surface area contributed by atoms with Gasteiger partial charge in [0.15, 0.2) is 0 Å². The lowest BCUT2D eigenvalue weighted by Crippen LogP contribution is -2.28.